The summed E-state index contributed by atoms with van der Waals surface area (Å²) in [6.07, 6.45) is 1.90. The van der Waals surface area contributed by atoms with Gasteiger partial charge in [-0.25, -0.2) is 4.90 Å². The molecule has 2 saturated heterocycles. The van der Waals surface area contributed by atoms with Crippen molar-refractivity contribution in [2.24, 2.45) is 5.73 Å². The molecular formula is C14H20N8O3. The summed E-state index contributed by atoms with van der Waals surface area (Å²) in [6, 6.07) is 0. The third-order valence-corrected chi connectivity index (χ3v) is 3.86. The van der Waals surface area contributed by atoms with Gasteiger partial charge in [0.1, 0.15) is 6.54 Å². The first-order valence-electron chi connectivity index (χ1n) is 8.04. The molecule has 134 valence electrons. The number of nitriles is 1. The first kappa shape index (κ1) is 17.1. The van der Waals surface area contributed by atoms with Crippen LogP contribution < -0.4 is 20.4 Å². The van der Waals surface area contributed by atoms with Crippen LogP contribution in [0.3, 0.4) is 0 Å². The van der Waals surface area contributed by atoms with E-state index in [1.165, 1.54) is 0 Å². The van der Waals surface area contributed by atoms with Gasteiger partial charge in [-0.2, -0.15) is 20.2 Å². The molecule has 2 fully saturated rings. The molecule has 0 radical (unpaired) electrons. The lowest BCUT2D eigenvalue weighted by atomic mass is 10.4. The van der Waals surface area contributed by atoms with Crippen molar-refractivity contribution in [2.45, 2.75) is 0 Å². The fraction of sp³-hybridized carbons (Fsp3) is 0.643. The number of carbonyl (C=O) groups is 1. The minimum atomic E-state index is -0.636. The summed E-state index contributed by atoms with van der Waals surface area (Å²) in [5, 5.41) is 9.33. The van der Waals surface area contributed by atoms with Crippen LogP contribution >= 0.6 is 0 Å². The second-order valence-corrected chi connectivity index (χ2v) is 5.59. The third kappa shape index (κ3) is 4.23. The minimum Gasteiger partial charge on any atom is -0.378 e. The molecule has 0 aliphatic carbocycles. The van der Waals surface area contributed by atoms with Crippen LogP contribution in [0.25, 0.3) is 0 Å². The lowest BCUT2D eigenvalue weighted by Crippen LogP contribution is -2.40. The zero-order valence-electron chi connectivity index (χ0n) is 13.8. The van der Waals surface area contributed by atoms with Crippen LogP contribution in [-0.4, -0.2) is 80.0 Å². The summed E-state index contributed by atoms with van der Waals surface area (Å²) >= 11 is 0. The fourth-order valence-electron chi connectivity index (χ4n) is 2.58. The predicted octanol–water partition coefficient (Wildman–Crippen LogP) is -1.68. The summed E-state index contributed by atoms with van der Waals surface area (Å²) in [5.74, 6) is 0.390. The standard InChI is InChI=1S/C14H20N8O3/c15-10-22(9-11(16)23)14-18-12(20-1-5-24-6-2-20)17-13(19-14)21-3-7-25-8-4-21/h1-9H2,(H2,16,23). The predicted molar refractivity (Wildman–Crippen MR) is 88.0 cm³/mol. The van der Waals surface area contributed by atoms with E-state index >= 15 is 0 Å². The molecule has 0 bridgehead atoms. The van der Waals surface area contributed by atoms with E-state index in [0.29, 0.717) is 64.5 Å². The molecule has 0 spiro atoms. The lowest BCUT2D eigenvalue weighted by molar-refractivity contribution is -0.116. The summed E-state index contributed by atoms with van der Waals surface area (Å²) in [5.41, 5.74) is 5.21. The Morgan fingerprint density at radius 1 is 1.04 bits per heavy atom. The molecule has 3 heterocycles. The minimum absolute atomic E-state index is 0.110. The van der Waals surface area contributed by atoms with Crippen molar-refractivity contribution in [3.63, 3.8) is 0 Å². The highest BCUT2D eigenvalue weighted by atomic mass is 16.5. The Bertz CT molecular complexity index is 616. The third-order valence-electron chi connectivity index (χ3n) is 3.86. The molecule has 2 N–H and O–H groups in total. The van der Waals surface area contributed by atoms with Crippen LogP contribution in [0.15, 0.2) is 0 Å². The van der Waals surface area contributed by atoms with Gasteiger partial charge in [0, 0.05) is 26.2 Å². The number of rotatable bonds is 5. The zero-order valence-corrected chi connectivity index (χ0v) is 13.8. The number of hydrogen-bond donors (Lipinski definition) is 1. The Morgan fingerprint density at radius 2 is 1.52 bits per heavy atom. The van der Waals surface area contributed by atoms with Crippen LogP contribution in [-0.2, 0) is 14.3 Å². The number of aromatic nitrogens is 3. The first-order valence-corrected chi connectivity index (χ1v) is 8.04. The van der Waals surface area contributed by atoms with Crippen molar-refractivity contribution in [1.82, 2.24) is 15.0 Å². The number of primary amides is 1. The van der Waals surface area contributed by atoms with Gasteiger partial charge in [-0.05, 0) is 0 Å². The Kier molecular flexibility index (Phi) is 5.42. The summed E-state index contributed by atoms with van der Waals surface area (Å²) in [4.78, 5) is 29.5. The number of ether oxygens (including phenoxy) is 2. The molecule has 11 nitrogen and oxygen atoms in total. The summed E-state index contributed by atoms with van der Waals surface area (Å²) in [6.45, 7) is 4.62. The van der Waals surface area contributed by atoms with Crippen molar-refractivity contribution in [3.8, 4) is 6.19 Å². The molecule has 3 rings (SSSR count). The van der Waals surface area contributed by atoms with E-state index in [4.69, 9.17) is 15.2 Å². The Labute approximate surface area is 144 Å². The SMILES string of the molecule is N#CN(CC(N)=O)c1nc(N2CCOCC2)nc(N2CCOCC2)n1. The smallest absolute Gasteiger partial charge is 0.245 e. The van der Waals surface area contributed by atoms with Crippen molar-refractivity contribution in [2.75, 3.05) is 73.9 Å². The Hall–Kier alpha value is -2.71. The van der Waals surface area contributed by atoms with Crippen LogP contribution in [0.1, 0.15) is 0 Å². The van der Waals surface area contributed by atoms with E-state index in [0.717, 1.165) is 4.90 Å². The van der Waals surface area contributed by atoms with Gasteiger partial charge >= 0.3 is 0 Å². The van der Waals surface area contributed by atoms with Gasteiger partial charge in [-0.15, -0.1) is 0 Å². The molecule has 0 aromatic carbocycles. The highest BCUT2D eigenvalue weighted by molar-refractivity contribution is 5.79. The molecule has 11 heteroatoms. The number of nitrogens with two attached hydrogens (primary N) is 1. The highest BCUT2D eigenvalue weighted by Gasteiger charge is 2.23. The second kappa shape index (κ2) is 7.91. The van der Waals surface area contributed by atoms with Crippen molar-refractivity contribution in [3.05, 3.63) is 0 Å². The van der Waals surface area contributed by atoms with Gasteiger partial charge in [0.2, 0.25) is 23.8 Å². The lowest BCUT2D eigenvalue weighted by Gasteiger charge is -2.30. The van der Waals surface area contributed by atoms with Crippen molar-refractivity contribution < 1.29 is 14.3 Å². The van der Waals surface area contributed by atoms with Gasteiger partial charge in [-0.1, -0.05) is 0 Å². The van der Waals surface area contributed by atoms with Gasteiger partial charge in [-0.3, -0.25) is 4.79 Å². The molecule has 0 atom stereocenters. The molecule has 1 aromatic heterocycles. The normalized spacial score (nSPS) is 17.9. The maximum Gasteiger partial charge on any atom is 0.245 e. The summed E-state index contributed by atoms with van der Waals surface area (Å²) < 4.78 is 10.7. The number of amides is 1. The Balaban J connectivity index is 1.94. The maximum absolute atomic E-state index is 11.2. The molecule has 1 aromatic rings. The number of anilines is 3. The van der Waals surface area contributed by atoms with E-state index < -0.39 is 5.91 Å². The molecule has 2 aliphatic heterocycles. The first-order chi connectivity index (χ1) is 12.2. The number of hydrogen-bond acceptors (Lipinski definition) is 10. The molecule has 1 amide bonds. The van der Waals surface area contributed by atoms with Crippen molar-refractivity contribution in [1.29, 1.82) is 5.26 Å². The Morgan fingerprint density at radius 3 is 1.92 bits per heavy atom. The second-order valence-electron chi connectivity index (χ2n) is 5.59. The molecule has 2 aliphatic rings. The average Bonchev–Trinajstić information content (AvgIpc) is 2.67. The van der Waals surface area contributed by atoms with Crippen LogP contribution in [0, 0.1) is 11.5 Å². The van der Waals surface area contributed by atoms with E-state index in [1.54, 1.807) is 0 Å². The molecule has 25 heavy (non-hydrogen) atoms. The number of carbonyl (C=O) groups excluding carboxylic acids is 1. The average molecular weight is 348 g/mol. The number of nitrogens with zero attached hydrogens (tertiary/aromatic N) is 7. The topological polar surface area (TPSA) is 134 Å². The molecular weight excluding hydrogens is 328 g/mol. The van der Waals surface area contributed by atoms with E-state index in [2.05, 4.69) is 15.0 Å². The van der Waals surface area contributed by atoms with Crippen LogP contribution in [0.2, 0.25) is 0 Å². The van der Waals surface area contributed by atoms with Crippen LogP contribution in [0.5, 0.6) is 0 Å². The zero-order chi connectivity index (χ0) is 17.6. The summed E-state index contributed by atoms with van der Waals surface area (Å²) in [7, 11) is 0. The number of morpholine rings is 2. The van der Waals surface area contributed by atoms with E-state index in [9.17, 15) is 10.1 Å². The monoisotopic (exact) mass is 348 g/mol. The van der Waals surface area contributed by atoms with Gasteiger partial charge in [0.15, 0.2) is 6.19 Å². The van der Waals surface area contributed by atoms with Gasteiger partial charge in [0.25, 0.3) is 0 Å². The largest absolute Gasteiger partial charge is 0.378 e. The quantitative estimate of drug-likeness (QED) is 0.485. The highest BCUT2D eigenvalue weighted by Crippen LogP contribution is 2.20. The molecule has 0 unspecified atom stereocenters. The fourth-order valence-corrected chi connectivity index (χ4v) is 2.58. The maximum atomic E-state index is 11.2. The van der Waals surface area contributed by atoms with Gasteiger partial charge < -0.3 is 25.0 Å². The van der Waals surface area contributed by atoms with E-state index in [-0.39, 0.29) is 12.5 Å². The molecule has 0 saturated carbocycles. The van der Waals surface area contributed by atoms with Crippen LogP contribution in [0.4, 0.5) is 17.8 Å². The van der Waals surface area contributed by atoms with E-state index in [1.807, 2.05) is 16.0 Å². The van der Waals surface area contributed by atoms with Gasteiger partial charge in [0.05, 0.1) is 26.4 Å². The van der Waals surface area contributed by atoms with Crippen molar-refractivity contribution >= 4 is 23.8 Å².